The maximum atomic E-state index is 7.02. The molecular formula is C50H30OS. The summed E-state index contributed by atoms with van der Waals surface area (Å²) in [6.45, 7) is 0. The van der Waals surface area contributed by atoms with Crippen molar-refractivity contribution >= 4 is 75.0 Å². The topological polar surface area (TPSA) is 13.1 Å². The largest absolute Gasteiger partial charge is 0.455 e. The first-order valence-corrected chi connectivity index (χ1v) is 18.6. The summed E-state index contributed by atoms with van der Waals surface area (Å²) in [5.41, 5.74) is 11.3. The molecule has 1 nitrogen and oxygen atoms in total. The molecule has 2 aromatic heterocycles. The van der Waals surface area contributed by atoms with Crippen LogP contribution >= 0.6 is 11.3 Å². The second kappa shape index (κ2) is 11.5. The lowest BCUT2D eigenvalue weighted by atomic mass is 9.84. The number of benzene rings is 9. The van der Waals surface area contributed by atoms with Gasteiger partial charge in [-0.1, -0.05) is 158 Å². The Hall–Kier alpha value is -6.48. The maximum Gasteiger partial charge on any atom is 0.143 e. The number of para-hydroxylation sites is 1. The minimum atomic E-state index is 0.891. The van der Waals surface area contributed by atoms with E-state index < -0.39 is 0 Å². The summed E-state index contributed by atoms with van der Waals surface area (Å²) in [5, 5.41) is 9.82. The predicted molar refractivity (Wildman–Crippen MR) is 223 cm³/mol. The fraction of sp³-hybridized carbons (Fsp3) is 0. The Labute approximate surface area is 304 Å². The molecule has 0 radical (unpaired) electrons. The molecule has 0 atom stereocenters. The Morgan fingerprint density at radius 1 is 0.327 bits per heavy atom. The standard InChI is InChI=1S/C50H30OS/c1-3-14-31(15-4-1)35-23-13-24-42-49-43(48-40-21-9-7-19-38(40)47(32-16-5-2-6-17-32)39-20-8-10-22-41(39)48)28-34(29-44(49)51-50(35)42)33-26-27-37-36-18-11-12-25-45(36)52-46(37)30-33/h1-30H. The Bertz CT molecular complexity index is 3110. The van der Waals surface area contributed by atoms with Crippen molar-refractivity contribution in [1.82, 2.24) is 0 Å². The van der Waals surface area contributed by atoms with Gasteiger partial charge in [-0.2, -0.15) is 0 Å². The number of hydrogen-bond donors (Lipinski definition) is 0. The zero-order valence-corrected chi connectivity index (χ0v) is 29.0. The molecule has 9 aromatic carbocycles. The third-order valence-corrected chi connectivity index (χ3v) is 11.8. The molecule has 11 rings (SSSR count). The molecule has 0 aliphatic rings. The smallest absolute Gasteiger partial charge is 0.143 e. The molecule has 0 aliphatic heterocycles. The van der Waals surface area contributed by atoms with E-state index in [0.717, 1.165) is 38.6 Å². The molecule has 242 valence electrons. The molecule has 0 spiro atoms. The number of thiophene rings is 1. The van der Waals surface area contributed by atoms with Crippen molar-refractivity contribution in [2.75, 3.05) is 0 Å². The van der Waals surface area contributed by atoms with Crippen molar-refractivity contribution in [2.45, 2.75) is 0 Å². The molecular weight excluding hydrogens is 649 g/mol. The van der Waals surface area contributed by atoms with Gasteiger partial charge >= 0.3 is 0 Å². The monoisotopic (exact) mass is 678 g/mol. The van der Waals surface area contributed by atoms with Crippen LogP contribution < -0.4 is 0 Å². The van der Waals surface area contributed by atoms with Crippen LogP contribution in [0.4, 0.5) is 0 Å². The summed E-state index contributed by atoms with van der Waals surface area (Å²) in [4.78, 5) is 0. The van der Waals surface area contributed by atoms with E-state index >= 15 is 0 Å². The van der Waals surface area contributed by atoms with E-state index in [1.807, 2.05) is 11.3 Å². The van der Waals surface area contributed by atoms with Crippen LogP contribution in [0.25, 0.3) is 108 Å². The zero-order chi connectivity index (χ0) is 34.2. The highest BCUT2D eigenvalue weighted by molar-refractivity contribution is 7.25. The second-order valence-corrected chi connectivity index (χ2v) is 14.6. The van der Waals surface area contributed by atoms with E-state index in [-0.39, 0.29) is 0 Å². The van der Waals surface area contributed by atoms with E-state index in [9.17, 15) is 0 Å². The molecule has 0 fully saturated rings. The van der Waals surface area contributed by atoms with Crippen molar-refractivity contribution in [3.8, 4) is 44.5 Å². The Balaban J connectivity index is 1.28. The van der Waals surface area contributed by atoms with Crippen molar-refractivity contribution in [3.05, 3.63) is 182 Å². The number of hydrogen-bond acceptors (Lipinski definition) is 2. The zero-order valence-electron chi connectivity index (χ0n) is 28.1. The number of fused-ring (bicyclic) bond motifs is 8. The number of rotatable bonds is 4. The third kappa shape index (κ3) is 4.41. The van der Waals surface area contributed by atoms with E-state index in [2.05, 4.69) is 182 Å². The van der Waals surface area contributed by atoms with Crippen LogP contribution in [-0.2, 0) is 0 Å². The predicted octanol–water partition coefficient (Wildman–Crippen LogP) is 14.9. The van der Waals surface area contributed by atoms with Crippen LogP contribution in [0.1, 0.15) is 0 Å². The van der Waals surface area contributed by atoms with Crippen LogP contribution in [0.15, 0.2) is 186 Å². The van der Waals surface area contributed by atoms with Gasteiger partial charge in [0.25, 0.3) is 0 Å². The summed E-state index contributed by atoms with van der Waals surface area (Å²) < 4.78 is 9.62. The van der Waals surface area contributed by atoms with Crippen LogP contribution in [0.3, 0.4) is 0 Å². The molecule has 0 unspecified atom stereocenters. The summed E-state index contributed by atoms with van der Waals surface area (Å²) >= 11 is 1.86. The molecule has 2 heterocycles. The average Bonchev–Trinajstić information content (AvgIpc) is 3.78. The highest BCUT2D eigenvalue weighted by atomic mass is 32.1. The lowest BCUT2D eigenvalue weighted by Crippen LogP contribution is -1.92. The molecule has 0 saturated carbocycles. The summed E-state index contributed by atoms with van der Waals surface area (Å²) in [7, 11) is 0. The summed E-state index contributed by atoms with van der Waals surface area (Å²) in [6, 6.07) is 66.1. The molecule has 11 aromatic rings. The maximum absolute atomic E-state index is 7.02. The van der Waals surface area contributed by atoms with Crippen LogP contribution in [0, 0.1) is 0 Å². The van der Waals surface area contributed by atoms with Gasteiger partial charge in [0.1, 0.15) is 11.2 Å². The first-order chi connectivity index (χ1) is 25.8. The van der Waals surface area contributed by atoms with E-state index in [1.54, 1.807) is 0 Å². The van der Waals surface area contributed by atoms with Gasteiger partial charge in [0.2, 0.25) is 0 Å². The Morgan fingerprint density at radius 3 is 1.62 bits per heavy atom. The first kappa shape index (κ1) is 29.3. The van der Waals surface area contributed by atoms with Crippen molar-refractivity contribution in [2.24, 2.45) is 0 Å². The van der Waals surface area contributed by atoms with Gasteiger partial charge in [-0.15, -0.1) is 11.3 Å². The fourth-order valence-electron chi connectivity index (χ4n) is 8.38. The second-order valence-electron chi connectivity index (χ2n) is 13.6. The Morgan fingerprint density at radius 2 is 0.904 bits per heavy atom. The van der Waals surface area contributed by atoms with Crippen molar-refractivity contribution in [1.29, 1.82) is 0 Å². The van der Waals surface area contributed by atoms with Crippen LogP contribution in [0.5, 0.6) is 0 Å². The summed E-state index contributed by atoms with van der Waals surface area (Å²) in [6.07, 6.45) is 0. The fourth-order valence-corrected chi connectivity index (χ4v) is 9.52. The normalized spacial score (nSPS) is 11.8. The van der Waals surface area contributed by atoms with Gasteiger partial charge in [0.05, 0.1) is 0 Å². The van der Waals surface area contributed by atoms with Crippen molar-refractivity contribution < 1.29 is 4.42 Å². The van der Waals surface area contributed by atoms with Gasteiger partial charge in [-0.25, -0.2) is 0 Å². The van der Waals surface area contributed by atoms with Crippen LogP contribution in [0.2, 0.25) is 0 Å². The minimum absolute atomic E-state index is 0.891. The van der Waals surface area contributed by atoms with Crippen molar-refractivity contribution in [3.63, 3.8) is 0 Å². The molecule has 0 aliphatic carbocycles. The van der Waals surface area contributed by atoms with E-state index in [1.165, 1.54) is 69.5 Å². The average molecular weight is 679 g/mol. The van der Waals surface area contributed by atoms with Gasteiger partial charge in [0, 0.05) is 36.5 Å². The van der Waals surface area contributed by atoms with Gasteiger partial charge in [-0.3, -0.25) is 0 Å². The minimum Gasteiger partial charge on any atom is -0.455 e. The number of furan rings is 1. The van der Waals surface area contributed by atoms with E-state index in [0.29, 0.717) is 0 Å². The highest BCUT2D eigenvalue weighted by Gasteiger charge is 2.23. The van der Waals surface area contributed by atoms with Gasteiger partial charge in [-0.05, 0) is 84.8 Å². The summed E-state index contributed by atoms with van der Waals surface area (Å²) in [5.74, 6) is 0. The highest BCUT2D eigenvalue weighted by Crippen LogP contribution is 2.49. The van der Waals surface area contributed by atoms with Gasteiger partial charge in [0.15, 0.2) is 0 Å². The first-order valence-electron chi connectivity index (χ1n) is 17.8. The quantitative estimate of drug-likeness (QED) is 0.169. The molecule has 0 N–H and O–H groups in total. The van der Waals surface area contributed by atoms with Crippen LogP contribution in [-0.4, -0.2) is 0 Å². The third-order valence-electron chi connectivity index (χ3n) is 10.7. The van der Waals surface area contributed by atoms with E-state index in [4.69, 9.17) is 4.42 Å². The molecule has 0 amide bonds. The SMILES string of the molecule is c1ccc(-c2c3ccccc3c(-c3cc(-c4ccc5c(c4)sc4ccccc45)cc4oc5c(-c6ccccc6)cccc5c34)c3ccccc23)cc1. The molecule has 2 heteroatoms. The van der Waals surface area contributed by atoms with Gasteiger partial charge < -0.3 is 4.42 Å². The molecule has 0 bridgehead atoms. The molecule has 0 saturated heterocycles. The Kier molecular flexibility index (Phi) is 6.49. The lowest BCUT2D eigenvalue weighted by molar-refractivity contribution is 0.670. The lowest BCUT2D eigenvalue weighted by Gasteiger charge is -2.19. The molecule has 52 heavy (non-hydrogen) atoms.